The Morgan fingerprint density at radius 1 is 1.28 bits per heavy atom. The molecule has 0 aromatic heterocycles. The standard InChI is InChI=1S/C15H20N2O/c1-3-13-4-6-14(7-5-13)8-17(2)10-15(9-16)11-18-12-15/h4-7H,3,8,10-12H2,1-2H3. The van der Waals surface area contributed by atoms with Gasteiger partial charge in [0.2, 0.25) is 0 Å². The molecule has 1 fully saturated rings. The van der Waals surface area contributed by atoms with E-state index in [1.54, 1.807) is 0 Å². The number of rotatable bonds is 5. The Morgan fingerprint density at radius 2 is 1.89 bits per heavy atom. The zero-order valence-electron chi connectivity index (χ0n) is 11.1. The van der Waals surface area contributed by atoms with Gasteiger partial charge in [0.25, 0.3) is 0 Å². The van der Waals surface area contributed by atoms with Crippen LogP contribution in [0.1, 0.15) is 18.1 Å². The molecule has 1 aromatic rings. The van der Waals surface area contributed by atoms with Crippen molar-refractivity contribution >= 4 is 0 Å². The molecular weight excluding hydrogens is 224 g/mol. The van der Waals surface area contributed by atoms with Crippen LogP contribution in [0.2, 0.25) is 0 Å². The average molecular weight is 244 g/mol. The maximum absolute atomic E-state index is 9.16. The summed E-state index contributed by atoms with van der Waals surface area (Å²) in [6.07, 6.45) is 1.07. The van der Waals surface area contributed by atoms with E-state index in [2.05, 4.69) is 49.2 Å². The van der Waals surface area contributed by atoms with Crippen LogP contribution in [0.15, 0.2) is 24.3 Å². The number of aryl methyl sites for hydroxylation is 1. The van der Waals surface area contributed by atoms with Crippen LogP contribution in [-0.4, -0.2) is 31.7 Å². The lowest BCUT2D eigenvalue weighted by Gasteiger charge is -2.38. The Hall–Kier alpha value is -1.37. The van der Waals surface area contributed by atoms with Crippen molar-refractivity contribution in [1.82, 2.24) is 4.90 Å². The molecule has 0 bridgehead atoms. The summed E-state index contributed by atoms with van der Waals surface area (Å²) in [6, 6.07) is 11.1. The lowest BCUT2D eigenvalue weighted by atomic mass is 9.87. The zero-order chi connectivity index (χ0) is 13.0. The molecule has 1 aliphatic heterocycles. The summed E-state index contributed by atoms with van der Waals surface area (Å²) in [5, 5.41) is 9.16. The zero-order valence-corrected chi connectivity index (χ0v) is 11.1. The minimum atomic E-state index is -0.280. The molecule has 0 unspecified atom stereocenters. The molecule has 96 valence electrons. The van der Waals surface area contributed by atoms with Crippen LogP contribution < -0.4 is 0 Å². The lowest BCUT2D eigenvalue weighted by Crippen LogP contribution is -2.48. The summed E-state index contributed by atoms with van der Waals surface area (Å²) in [6.45, 7) is 4.96. The third-order valence-corrected chi connectivity index (χ3v) is 3.45. The first-order valence-corrected chi connectivity index (χ1v) is 6.43. The molecular formula is C15H20N2O. The molecule has 3 nitrogen and oxygen atoms in total. The molecule has 0 radical (unpaired) electrons. The van der Waals surface area contributed by atoms with Crippen LogP contribution in [0.4, 0.5) is 0 Å². The largest absolute Gasteiger partial charge is 0.378 e. The van der Waals surface area contributed by atoms with E-state index in [9.17, 15) is 0 Å². The van der Waals surface area contributed by atoms with Crippen molar-refractivity contribution in [3.8, 4) is 6.07 Å². The Labute approximate surface area is 109 Å². The fourth-order valence-electron chi connectivity index (χ4n) is 2.30. The third kappa shape index (κ3) is 2.90. The van der Waals surface area contributed by atoms with E-state index in [-0.39, 0.29) is 5.41 Å². The van der Waals surface area contributed by atoms with Crippen molar-refractivity contribution in [2.24, 2.45) is 5.41 Å². The van der Waals surface area contributed by atoms with Gasteiger partial charge in [-0.2, -0.15) is 5.26 Å². The minimum Gasteiger partial charge on any atom is -0.378 e. The highest BCUT2D eigenvalue weighted by Crippen LogP contribution is 2.27. The van der Waals surface area contributed by atoms with Gasteiger partial charge in [0.15, 0.2) is 0 Å². The predicted octanol–water partition coefficient (Wildman–Crippen LogP) is 2.22. The van der Waals surface area contributed by atoms with E-state index >= 15 is 0 Å². The van der Waals surface area contributed by atoms with E-state index in [0.717, 1.165) is 19.5 Å². The second kappa shape index (κ2) is 5.51. The molecule has 0 spiro atoms. The summed E-state index contributed by atoms with van der Waals surface area (Å²) in [7, 11) is 2.06. The van der Waals surface area contributed by atoms with Crippen molar-refractivity contribution in [3.05, 3.63) is 35.4 Å². The molecule has 1 aliphatic rings. The van der Waals surface area contributed by atoms with Crippen molar-refractivity contribution < 1.29 is 4.74 Å². The predicted molar refractivity (Wildman–Crippen MR) is 71.0 cm³/mol. The van der Waals surface area contributed by atoms with Crippen LogP contribution in [0, 0.1) is 16.7 Å². The van der Waals surface area contributed by atoms with E-state index in [0.29, 0.717) is 13.2 Å². The molecule has 0 N–H and O–H groups in total. The second-order valence-electron chi connectivity index (χ2n) is 5.23. The molecule has 18 heavy (non-hydrogen) atoms. The SMILES string of the molecule is CCc1ccc(CN(C)CC2(C#N)COC2)cc1. The van der Waals surface area contributed by atoms with Gasteiger partial charge < -0.3 is 9.64 Å². The summed E-state index contributed by atoms with van der Waals surface area (Å²) in [5.41, 5.74) is 2.38. The van der Waals surface area contributed by atoms with Crippen LogP contribution in [-0.2, 0) is 17.7 Å². The molecule has 1 aromatic carbocycles. The number of nitriles is 1. The van der Waals surface area contributed by atoms with Crippen molar-refractivity contribution in [1.29, 1.82) is 5.26 Å². The fourth-order valence-corrected chi connectivity index (χ4v) is 2.30. The summed E-state index contributed by atoms with van der Waals surface area (Å²) in [5.74, 6) is 0. The molecule has 0 saturated carbocycles. The van der Waals surface area contributed by atoms with Crippen LogP contribution >= 0.6 is 0 Å². The number of hydrogen-bond donors (Lipinski definition) is 0. The van der Waals surface area contributed by atoms with Gasteiger partial charge in [-0.25, -0.2) is 0 Å². The highest BCUT2D eigenvalue weighted by atomic mass is 16.5. The monoisotopic (exact) mass is 244 g/mol. The third-order valence-electron chi connectivity index (χ3n) is 3.45. The lowest BCUT2D eigenvalue weighted by molar-refractivity contribution is -0.0895. The molecule has 0 atom stereocenters. The normalized spacial score (nSPS) is 17.2. The first-order valence-electron chi connectivity index (χ1n) is 6.43. The van der Waals surface area contributed by atoms with Gasteiger partial charge in [0, 0.05) is 13.1 Å². The van der Waals surface area contributed by atoms with E-state index in [1.807, 2.05) is 0 Å². The summed E-state index contributed by atoms with van der Waals surface area (Å²) in [4.78, 5) is 2.20. The Balaban J connectivity index is 1.90. The van der Waals surface area contributed by atoms with Crippen molar-refractivity contribution in [2.45, 2.75) is 19.9 Å². The maximum Gasteiger partial charge on any atom is 0.116 e. The Bertz CT molecular complexity index is 429. The van der Waals surface area contributed by atoms with E-state index in [4.69, 9.17) is 10.00 Å². The number of benzene rings is 1. The van der Waals surface area contributed by atoms with Crippen molar-refractivity contribution in [2.75, 3.05) is 26.8 Å². The molecule has 3 heteroatoms. The van der Waals surface area contributed by atoms with Gasteiger partial charge in [0.05, 0.1) is 19.3 Å². The topological polar surface area (TPSA) is 36.3 Å². The highest BCUT2D eigenvalue weighted by molar-refractivity contribution is 5.22. The number of hydrogen-bond acceptors (Lipinski definition) is 3. The van der Waals surface area contributed by atoms with Gasteiger partial charge >= 0.3 is 0 Å². The second-order valence-corrected chi connectivity index (χ2v) is 5.23. The average Bonchev–Trinajstić information content (AvgIpc) is 2.35. The van der Waals surface area contributed by atoms with Crippen LogP contribution in [0.25, 0.3) is 0 Å². The molecule has 0 aliphatic carbocycles. The Morgan fingerprint density at radius 3 is 2.33 bits per heavy atom. The first-order chi connectivity index (χ1) is 8.67. The van der Waals surface area contributed by atoms with Gasteiger partial charge in [-0.1, -0.05) is 31.2 Å². The minimum absolute atomic E-state index is 0.280. The molecule has 1 saturated heterocycles. The smallest absolute Gasteiger partial charge is 0.116 e. The van der Waals surface area contributed by atoms with Gasteiger partial charge in [-0.05, 0) is 24.6 Å². The van der Waals surface area contributed by atoms with Crippen LogP contribution in [0.5, 0.6) is 0 Å². The van der Waals surface area contributed by atoms with Crippen LogP contribution in [0.3, 0.4) is 0 Å². The summed E-state index contributed by atoms with van der Waals surface area (Å²) >= 11 is 0. The molecule has 0 amide bonds. The molecule has 2 rings (SSSR count). The highest BCUT2D eigenvalue weighted by Gasteiger charge is 2.39. The van der Waals surface area contributed by atoms with E-state index in [1.165, 1.54) is 11.1 Å². The van der Waals surface area contributed by atoms with Crippen molar-refractivity contribution in [3.63, 3.8) is 0 Å². The Kier molecular flexibility index (Phi) is 4.00. The van der Waals surface area contributed by atoms with Gasteiger partial charge in [-0.3, -0.25) is 0 Å². The molecule has 1 heterocycles. The van der Waals surface area contributed by atoms with E-state index < -0.39 is 0 Å². The first kappa shape index (κ1) is 13.1. The number of nitrogens with zero attached hydrogens (tertiary/aromatic N) is 2. The quantitative estimate of drug-likeness (QED) is 0.797. The van der Waals surface area contributed by atoms with Gasteiger partial charge in [-0.15, -0.1) is 0 Å². The van der Waals surface area contributed by atoms with Gasteiger partial charge in [0.1, 0.15) is 5.41 Å². The maximum atomic E-state index is 9.16. The summed E-state index contributed by atoms with van der Waals surface area (Å²) < 4.78 is 5.16. The fraction of sp³-hybridized carbons (Fsp3) is 0.533. The number of ether oxygens (including phenoxy) is 1.